The van der Waals surface area contributed by atoms with Gasteiger partial charge in [-0.2, -0.15) is 4.68 Å². The Kier molecular flexibility index (Phi) is 4.96. The maximum absolute atomic E-state index is 12.4. The van der Waals surface area contributed by atoms with Crippen molar-refractivity contribution in [1.82, 2.24) is 20.2 Å². The minimum absolute atomic E-state index is 0.0800. The van der Waals surface area contributed by atoms with E-state index >= 15 is 0 Å². The number of methoxy groups -OCH3 is 1. The van der Waals surface area contributed by atoms with Gasteiger partial charge in [-0.3, -0.25) is 4.79 Å². The summed E-state index contributed by atoms with van der Waals surface area (Å²) in [5.41, 5.74) is 1.52. The summed E-state index contributed by atoms with van der Waals surface area (Å²) in [6.45, 7) is 3.97. The van der Waals surface area contributed by atoms with Crippen molar-refractivity contribution in [3.8, 4) is 11.4 Å². The van der Waals surface area contributed by atoms with Crippen LogP contribution >= 0.6 is 23.1 Å². The van der Waals surface area contributed by atoms with Gasteiger partial charge < -0.3 is 4.74 Å². The Balaban J connectivity index is 1.79. The van der Waals surface area contributed by atoms with Crippen molar-refractivity contribution in [3.05, 3.63) is 45.6 Å². The van der Waals surface area contributed by atoms with Crippen molar-refractivity contribution in [2.75, 3.05) is 12.9 Å². The molecule has 124 valence electrons. The average molecular weight is 360 g/mol. The highest BCUT2D eigenvalue weighted by molar-refractivity contribution is 7.99. The van der Waals surface area contributed by atoms with Crippen molar-refractivity contribution in [2.45, 2.75) is 19.0 Å². The summed E-state index contributed by atoms with van der Waals surface area (Å²) >= 11 is 2.95. The molecule has 0 bridgehead atoms. The number of nitrogens with zero attached hydrogens (tertiary/aromatic N) is 4. The molecule has 0 unspecified atom stereocenters. The lowest BCUT2D eigenvalue weighted by Crippen LogP contribution is -2.06. The number of carbonyl (C=O) groups is 1. The molecule has 1 aromatic carbocycles. The van der Waals surface area contributed by atoms with Gasteiger partial charge in [0.1, 0.15) is 11.4 Å². The van der Waals surface area contributed by atoms with Gasteiger partial charge in [-0.25, -0.2) is 0 Å². The summed E-state index contributed by atoms with van der Waals surface area (Å²) in [6, 6.07) is 9.41. The number of thiophene rings is 1. The summed E-state index contributed by atoms with van der Waals surface area (Å²) in [5.74, 6) is 1.03. The molecule has 0 N–H and O–H groups in total. The number of ether oxygens (including phenoxy) is 1. The van der Waals surface area contributed by atoms with Crippen LogP contribution in [-0.2, 0) is 0 Å². The molecule has 0 aliphatic carbocycles. The van der Waals surface area contributed by atoms with Crippen molar-refractivity contribution in [3.63, 3.8) is 0 Å². The number of benzene rings is 1. The summed E-state index contributed by atoms with van der Waals surface area (Å²) < 4.78 is 6.93. The Labute approximate surface area is 147 Å². The summed E-state index contributed by atoms with van der Waals surface area (Å²) in [6.07, 6.45) is 0. The lowest BCUT2D eigenvalue weighted by Gasteiger charge is -2.08. The van der Waals surface area contributed by atoms with Gasteiger partial charge in [-0.1, -0.05) is 23.9 Å². The third-order valence-corrected chi connectivity index (χ3v) is 5.31. The lowest BCUT2D eigenvalue weighted by atomic mass is 10.2. The molecule has 6 nitrogen and oxygen atoms in total. The molecule has 0 saturated heterocycles. The molecular weight excluding hydrogens is 344 g/mol. The lowest BCUT2D eigenvalue weighted by molar-refractivity contribution is 0.102. The number of aromatic nitrogens is 4. The molecule has 0 aliphatic heterocycles. The highest BCUT2D eigenvalue weighted by Gasteiger charge is 2.17. The number of tetrazole rings is 1. The first-order valence-corrected chi connectivity index (χ1v) is 9.05. The maximum Gasteiger partial charge on any atom is 0.214 e. The second kappa shape index (κ2) is 7.14. The van der Waals surface area contributed by atoms with Crippen LogP contribution in [0.1, 0.15) is 20.1 Å². The van der Waals surface area contributed by atoms with E-state index in [1.165, 1.54) is 11.8 Å². The van der Waals surface area contributed by atoms with Crippen LogP contribution in [0.3, 0.4) is 0 Å². The first kappa shape index (κ1) is 16.7. The fourth-order valence-electron chi connectivity index (χ4n) is 2.34. The van der Waals surface area contributed by atoms with E-state index in [2.05, 4.69) is 15.5 Å². The highest BCUT2D eigenvalue weighted by Crippen LogP contribution is 2.27. The van der Waals surface area contributed by atoms with Crippen LogP contribution in [-0.4, -0.2) is 38.9 Å². The molecule has 0 aliphatic rings. The van der Waals surface area contributed by atoms with E-state index in [1.807, 2.05) is 44.2 Å². The first-order valence-electron chi connectivity index (χ1n) is 7.25. The summed E-state index contributed by atoms with van der Waals surface area (Å²) in [7, 11) is 1.60. The third-order valence-electron chi connectivity index (χ3n) is 3.43. The number of aryl methyl sites for hydroxylation is 2. The van der Waals surface area contributed by atoms with Crippen LogP contribution in [0.15, 0.2) is 35.5 Å². The predicted octanol–water partition coefficient (Wildman–Crippen LogP) is 3.32. The molecule has 2 heterocycles. The van der Waals surface area contributed by atoms with E-state index < -0.39 is 0 Å². The maximum atomic E-state index is 12.4. The predicted molar refractivity (Wildman–Crippen MR) is 94.6 cm³/mol. The van der Waals surface area contributed by atoms with Crippen molar-refractivity contribution in [2.24, 2.45) is 0 Å². The number of Topliss-reactive ketones (excluding diaryl/α,β-unsaturated/α-hetero) is 1. The number of carbonyl (C=O) groups excluding carboxylic acids is 1. The average Bonchev–Trinajstić information content (AvgIpc) is 3.18. The van der Waals surface area contributed by atoms with Crippen LogP contribution in [0.25, 0.3) is 5.69 Å². The van der Waals surface area contributed by atoms with E-state index in [9.17, 15) is 4.79 Å². The Morgan fingerprint density at radius 3 is 2.83 bits per heavy atom. The third kappa shape index (κ3) is 3.34. The molecular formula is C16H16N4O2S2. The second-order valence-electron chi connectivity index (χ2n) is 5.08. The molecule has 0 radical (unpaired) electrons. The van der Waals surface area contributed by atoms with Gasteiger partial charge >= 0.3 is 0 Å². The Morgan fingerprint density at radius 1 is 1.33 bits per heavy atom. The fraction of sp³-hybridized carbons (Fsp3) is 0.250. The SMILES string of the molecule is COc1ccccc1-n1nnnc1SCC(=O)c1cc(C)sc1C. The standard InChI is InChI=1S/C16H16N4O2S2/c1-10-8-12(11(2)24-10)14(21)9-23-16-17-18-19-20(16)13-6-4-5-7-15(13)22-3/h4-8H,9H2,1-3H3. The van der Waals surface area contributed by atoms with E-state index in [-0.39, 0.29) is 11.5 Å². The fourth-order valence-corrected chi connectivity index (χ4v) is 4.05. The number of hydrogen-bond donors (Lipinski definition) is 0. The quantitative estimate of drug-likeness (QED) is 0.496. The van der Waals surface area contributed by atoms with Crippen molar-refractivity contribution < 1.29 is 9.53 Å². The van der Waals surface area contributed by atoms with Crippen LogP contribution in [0.4, 0.5) is 0 Å². The van der Waals surface area contributed by atoms with Gasteiger partial charge in [0.2, 0.25) is 5.16 Å². The second-order valence-corrected chi connectivity index (χ2v) is 7.49. The Hall–Kier alpha value is -2.19. The van der Waals surface area contributed by atoms with Gasteiger partial charge in [0, 0.05) is 15.3 Å². The number of rotatable bonds is 6. The van der Waals surface area contributed by atoms with Crippen LogP contribution in [0, 0.1) is 13.8 Å². The Morgan fingerprint density at radius 2 is 2.12 bits per heavy atom. The smallest absolute Gasteiger partial charge is 0.214 e. The molecule has 0 amide bonds. The largest absolute Gasteiger partial charge is 0.494 e. The molecule has 0 atom stereocenters. The number of hydrogen-bond acceptors (Lipinski definition) is 7. The minimum atomic E-state index is 0.0800. The highest BCUT2D eigenvalue weighted by atomic mass is 32.2. The van der Waals surface area contributed by atoms with E-state index in [0.29, 0.717) is 10.9 Å². The molecule has 24 heavy (non-hydrogen) atoms. The number of thioether (sulfide) groups is 1. The minimum Gasteiger partial charge on any atom is -0.494 e. The molecule has 8 heteroatoms. The summed E-state index contributed by atoms with van der Waals surface area (Å²) in [5, 5.41) is 12.3. The molecule has 3 rings (SSSR count). The molecule has 0 fully saturated rings. The van der Waals surface area contributed by atoms with E-state index in [0.717, 1.165) is 21.0 Å². The van der Waals surface area contributed by atoms with E-state index in [4.69, 9.17) is 4.74 Å². The molecule has 2 aromatic heterocycles. The zero-order chi connectivity index (χ0) is 17.1. The van der Waals surface area contributed by atoms with Gasteiger partial charge in [-0.05, 0) is 42.5 Å². The Bertz CT molecular complexity index is 873. The van der Waals surface area contributed by atoms with Gasteiger partial charge in [-0.15, -0.1) is 16.4 Å². The molecule has 0 spiro atoms. The van der Waals surface area contributed by atoms with Gasteiger partial charge in [0.05, 0.1) is 12.9 Å². The van der Waals surface area contributed by atoms with E-state index in [1.54, 1.807) is 23.1 Å². The van der Waals surface area contributed by atoms with Gasteiger partial charge in [0.25, 0.3) is 0 Å². The normalized spacial score (nSPS) is 10.8. The molecule has 3 aromatic rings. The summed E-state index contributed by atoms with van der Waals surface area (Å²) in [4.78, 5) is 14.6. The number of para-hydroxylation sites is 2. The number of ketones is 1. The first-order chi connectivity index (χ1) is 11.6. The van der Waals surface area contributed by atoms with Crippen LogP contribution in [0.2, 0.25) is 0 Å². The van der Waals surface area contributed by atoms with Crippen LogP contribution < -0.4 is 4.74 Å². The molecule has 0 saturated carbocycles. The van der Waals surface area contributed by atoms with Gasteiger partial charge in [0.15, 0.2) is 5.78 Å². The van der Waals surface area contributed by atoms with Crippen LogP contribution in [0.5, 0.6) is 5.75 Å². The van der Waals surface area contributed by atoms with Crippen molar-refractivity contribution >= 4 is 28.9 Å². The topological polar surface area (TPSA) is 69.9 Å². The van der Waals surface area contributed by atoms with Crippen molar-refractivity contribution in [1.29, 1.82) is 0 Å². The zero-order valence-corrected chi connectivity index (χ0v) is 15.1. The zero-order valence-electron chi connectivity index (χ0n) is 13.5. The monoisotopic (exact) mass is 360 g/mol.